The number of amides is 1. The number of hydrogen-bond acceptors (Lipinski definition) is 7. The molecule has 0 aromatic carbocycles. The topological polar surface area (TPSA) is 119 Å². The molecule has 0 bridgehead atoms. The average molecular weight is 303 g/mol. The highest BCUT2D eigenvalue weighted by atomic mass is 16.1. The minimum Gasteiger partial charge on any atom is -0.368 e. The Bertz CT molecular complexity index is 648. The third-order valence-corrected chi connectivity index (χ3v) is 3.43. The maximum absolute atomic E-state index is 10.6. The zero-order valence-electron chi connectivity index (χ0n) is 12.8. The lowest BCUT2D eigenvalue weighted by atomic mass is 9.94. The molecule has 0 spiro atoms. The van der Waals surface area contributed by atoms with Crippen LogP contribution in [0.25, 0.3) is 11.2 Å². The van der Waals surface area contributed by atoms with Gasteiger partial charge in [0, 0.05) is 18.9 Å². The van der Waals surface area contributed by atoms with Gasteiger partial charge in [-0.1, -0.05) is 19.8 Å². The number of fused-ring (bicyclic) bond motifs is 1. The molecule has 1 amide bonds. The molecule has 0 aliphatic carbocycles. The van der Waals surface area contributed by atoms with Crippen LogP contribution in [-0.4, -0.2) is 38.4 Å². The summed E-state index contributed by atoms with van der Waals surface area (Å²) in [6, 6.07) is 0. The second kappa shape index (κ2) is 6.97. The van der Waals surface area contributed by atoms with E-state index in [1.807, 2.05) is 6.92 Å². The quantitative estimate of drug-likeness (QED) is 0.625. The molecule has 4 N–H and O–H groups in total. The fourth-order valence-corrected chi connectivity index (χ4v) is 2.28. The predicted molar refractivity (Wildman–Crippen MR) is 85.2 cm³/mol. The summed E-state index contributed by atoms with van der Waals surface area (Å²) < 4.78 is 0. The first-order valence-electron chi connectivity index (χ1n) is 7.27. The standard InChI is InChI=1S/C14H21N7O/c1-3-4-5-14(2,8-16-9-22)21-12-10-11(18-7-6-17-10)19-13(15)20-12/h6-7,9H,3-5,8H2,1-2H3,(H,16,22)(H3,15,18,19,20,21)/t14-/m1/s1. The fourth-order valence-electron chi connectivity index (χ4n) is 2.28. The third-order valence-electron chi connectivity index (χ3n) is 3.43. The van der Waals surface area contributed by atoms with E-state index in [1.54, 1.807) is 12.4 Å². The Hall–Kier alpha value is -2.51. The van der Waals surface area contributed by atoms with E-state index in [1.165, 1.54) is 0 Å². The number of anilines is 2. The van der Waals surface area contributed by atoms with Gasteiger partial charge in [0.2, 0.25) is 12.4 Å². The smallest absolute Gasteiger partial charge is 0.224 e. The maximum Gasteiger partial charge on any atom is 0.224 e. The van der Waals surface area contributed by atoms with Crippen LogP contribution < -0.4 is 16.4 Å². The summed E-state index contributed by atoms with van der Waals surface area (Å²) in [5.74, 6) is 0.665. The van der Waals surface area contributed by atoms with Gasteiger partial charge in [-0.05, 0) is 13.3 Å². The molecule has 1 atom stereocenters. The molecule has 8 nitrogen and oxygen atoms in total. The van der Waals surface area contributed by atoms with Crippen molar-refractivity contribution in [2.24, 2.45) is 0 Å². The summed E-state index contributed by atoms with van der Waals surface area (Å²) in [5.41, 5.74) is 6.39. The molecule has 2 aromatic rings. The molecule has 22 heavy (non-hydrogen) atoms. The second-order valence-electron chi connectivity index (χ2n) is 5.45. The Morgan fingerprint density at radius 2 is 2.09 bits per heavy atom. The molecule has 0 saturated carbocycles. The highest BCUT2D eigenvalue weighted by Gasteiger charge is 2.25. The molecule has 0 aliphatic heterocycles. The van der Waals surface area contributed by atoms with Crippen molar-refractivity contribution < 1.29 is 4.79 Å². The van der Waals surface area contributed by atoms with Crippen LogP contribution in [0.15, 0.2) is 12.4 Å². The number of nitrogens with two attached hydrogens (primary N) is 1. The van der Waals surface area contributed by atoms with Gasteiger partial charge in [0.05, 0.1) is 5.54 Å². The predicted octanol–water partition coefficient (Wildman–Crippen LogP) is 1.11. The Balaban J connectivity index is 2.34. The number of nitrogens with one attached hydrogen (secondary N) is 2. The van der Waals surface area contributed by atoms with E-state index in [2.05, 4.69) is 37.5 Å². The lowest BCUT2D eigenvalue weighted by Crippen LogP contribution is -2.44. The number of rotatable bonds is 8. The van der Waals surface area contributed by atoms with Crippen LogP contribution in [-0.2, 0) is 4.79 Å². The second-order valence-corrected chi connectivity index (χ2v) is 5.45. The molecule has 0 aliphatic rings. The monoisotopic (exact) mass is 303 g/mol. The average Bonchev–Trinajstić information content (AvgIpc) is 2.51. The van der Waals surface area contributed by atoms with Gasteiger partial charge in [-0.3, -0.25) is 4.79 Å². The molecular formula is C14H21N7O. The molecule has 8 heteroatoms. The number of carbonyl (C=O) groups is 1. The van der Waals surface area contributed by atoms with Gasteiger partial charge in [-0.2, -0.15) is 9.97 Å². The van der Waals surface area contributed by atoms with E-state index < -0.39 is 0 Å². The largest absolute Gasteiger partial charge is 0.368 e. The van der Waals surface area contributed by atoms with Gasteiger partial charge in [-0.15, -0.1) is 0 Å². The fraction of sp³-hybridized carbons (Fsp3) is 0.500. The summed E-state index contributed by atoms with van der Waals surface area (Å²) in [7, 11) is 0. The zero-order chi connectivity index (χ0) is 16.0. The Kier molecular flexibility index (Phi) is 5.03. The summed E-state index contributed by atoms with van der Waals surface area (Å²) >= 11 is 0. The van der Waals surface area contributed by atoms with E-state index >= 15 is 0 Å². The number of nitrogen functional groups attached to an aromatic ring is 1. The lowest BCUT2D eigenvalue weighted by Gasteiger charge is -2.31. The number of nitrogens with zero attached hydrogens (tertiary/aromatic N) is 4. The molecule has 0 radical (unpaired) electrons. The van der Waals surface area contributed by atoms with Crippen LogP contribution in [0.4, 0.5) is 11.8 Å². The molecule has 0 unspecified atom stereocenters. The normalized spacial score (nSPS) is 13.5. The van der Waals surface area contributed by atoms with E-state index in [0.717, 1.165) is 19.3 Å². The van der Waals surface area contributed by atoms with Crippen LogP contribution in [0.1, 0.15) is 33.1 Å². The van der Waals surface area contributed by atoms with Gasteiger partial charge in [-0.25, -0.2) is 9.97 Å². The first kappa shape index (κ1) is 15.9. The van der Waals surface area contributed by atoms with E-state index in [4.69, 9.17) is 5.73 Å². The van der Waals surface area contributed by atoms with Gasteiger partial charge < -0.3 is 16.4 Å². The van der Waals surface area contributed by atoms with Crippen molar-refractivity contribution in [2.45, 2.75) is 38.6 Å². The number of carbonyl (C=O) groups excluding carboxylic acids is 1. The molecule has 118 valence electrons. The zero-order valence-corrected chi connectivity index (χ0v) is 12.8. The van der Waals surface area contributed by atoms with Crippen LogP contribution in [0.2, 0.25) is 0 Å². The van der Waals surface area contributed by atoms with Crippen LogP contribution in [0.3, 0.4) is 0 Å². The Morgan fingerprint density at radius 1 is 1.32 bits per heavy atom. The lowest BCUT2D eigenvalue weighted by molar-refractivity contribution is -0.109. The van der Waals surface area contributed by atoms with Gasteiger partial charge >= 0.3 is 0 Å². The van der Waals surface area contributed by atoms with Crippen molar-refractivity contribution in [2.75, 3.05) is 17.6 Å². The highest BCUT2D eigenvalue weighted by molar-refractivity contribution is 5.83. The summed E-state index contributed by atoms with van der Waals surface area (Å²) in [5, 5.41) is 6.08. The van der Waals surface area contributed by atoms with Crippen molar-refractivity contribution >= 4 is 29.3 Å². The van der Waals surface area contributed by atoms with E-state index in [0.29, 0.717) is 29.9 Å². The van der Waals surface area contributed by atoms with Crippen LogP contribution >= 0.6 is 0 Å². The number of hydrogen-bond donors (Lipinski definition) is 3. The highest BCUT2D eigenvalue weighted by Crippen LogP contribution is 2.24. The first-order chi connectivity index (χ1) is 10.6. The van der Waals surface area contributed by atoms with Gasteiger partial charge in [0.15, 0.2) is 17.0 Å². The summed E-state index contributed by atoms with van der Waals surface area (Å²) in [6.45, 7) is 4.62. The molecule has 0 saturated heterocycles. The summed E-state index contributed by atoms with van der Waals surface area (Å²) in [6.07, 6.45) is 6.79. The minimum atomic E-state index is -0.359. The molecule has 0 fully saturated rings. The van der Waals surface area contributed by atoms with Crippen molar-refractivity contribution in [3.05, 3.63) is 12.4 Å². The van der Waals surface area contributed by atoms with Crippen molar-refractivity contribution in [1.29, 1.82) is 0 Å². The molecule has 2 heterocycles. The number of aromatic nitrogens is 4. The number of unbranched alkanes of at least 4 members (excludes halogenated alkanes) is 1. The molecule has 2 aromatic heterocycles. The van der Waals surface area contributed by atoms with Crippen molar-refractivity contribution in [1.82, 2.24) is 25.3 Å². The minimum absolute atomic E-state index is 0.136. The van der Waals surface area contributed by atoms with Crippen molar-refractivity contribution in [3.8, 4) is 0 Å². The summed E-state index contributed by atoms with van der Waals surface area (Å²) in [4.78, 5) is 27.4. The maximum atomic E-state index is 10.6. The Morgan fingerprint density at radius 3 is 2.82 bits per heavy atom. The van der Waals surface area contributed by atoms with Crippen molar-refractivity contribution in [3.63, 3.8) is 0 Å². The first-order valence-corrected chi connectivity index (χ1v) is 7.27. The third kappa shape index (κ3) is 3.78. The molecule has 2 rings (SSSR count). The van der Waals surface area contributed by atoms with Crippen LogP contribution in [0, 0.1) is 0 Å². The van der Waals surface area contributed by atoms with E-state index in [9.17, 15) is 4.79 Å². The van der Waals surface area contributed by atoms with Crippen LogP contribution in [0.5, 0.6) is 0 Å². The van der Waals surface area contributed by atoms with E-state index in [-0.39, 0.29) is 11.5 Å². The molecular weight excluding hydrogens is 282 g/mol. The van der Waals surface area contributed by atoms with Gasteiger partial charge in [0.25, 0.3) is 0 Å². The van der Waals surface area contributed by atoms with Gasteiger partial charge in [0.1, 0.15) is 0 Å². The SMILES string of the molecule is CCCC[C@](C)(CNC=O)Nc1nc(N)nc2nccnc12. The Labute approximate surface area is 129 Å².